The molecule has 0 saturated heterocycles. The highest BCUT2D eigenvalue weighted by Gasteiger charge is 2.27. The molecule has 3 rings (SSSR count). The fraction of sp³-hybridized carbons (Fsp3) is 0.227. The van der Waals surface area contributed by atoms with Crippen LogP contribution >= 0.6 is 0 Å². The van der Waals surface area contributed by atoms with Gasteiger partial charge in [-0.05, 0) is 50.6 Å². The summed E-state index contributed by atoms with van der Waals surface area (Å²) >= 11 is 0. The lowest BCUT2D eigenvalue weighted by Gasteiger charge is -2.13. The number of carbonyl (C=O) groups excluding carboxylic acids is 2. The summed E-state index contributed by atoms with van der Waals surface area (Å²) in [7, 11) is 2.60. The first-order chi connectivity index (χ1) is 13.8. The number of methoxy groups -OCH3 is 2. The summed E-state index contributed by atoms with van der Waals surface area (Å²) < 4.78 is 11.5. The molecule has 0 saturated carbocycles. The molecule has 7 nitrogen and oxygen atoms in total. The number of rotatable bonds is 4. The van der Waals surface area contributed by atoms with Crippen LogP contribution in [0.15, 0.2) is 52.4 Å². The molecular weight excluding hydrogens is 372 g/mol. The summed E-state index contributed by atoms with van der Waals surface area (Å²) in [5, 5.41) is 10.4. The molecule has 0 amide bonds. The van der Waals surface area contributed by atoms with E-state index < -0.39 is 11.9 Å². The van der Waals surface area contributed by atoms with Gasteiger partial charge in [0.15, 0.2) is 5.76 Å². The highest BCUT2D eigenvalue weighted by Crippen LogP contribution is 2.30. The van der Waals surface area contributed by atoms with E-state index in [0.29, 0.717) is 17.0 Å². The molecule has 0 radical (unpaired) electrons. The van der Waals surface area contributed by atoms with E-state index in [1.807, 2.05) is 36.6 Å². The number of carbonyl (C=O) groups is 2. The van der Waals surface area contributed by atoms with Crippen molar-refractivity contribution in [2.24, 2.45) is 4.99 Å². The molecule has 0 spiro atoms. The van der Waals surface area contributed by atoms with Gasteiger partial charge in [0.2, 0.25) is 0 Å². The van der Waals surface area contributed by atoms with Crippen molar-refractivity contribution in [2.75, 3.05) is 14.2 Å². The van der Waals surface area contributed by atoms with E-state index in [1.165, 1.54) is 14.2 Å². The summed E-state index contributed by atoms with van der Waals surface area (Å²) in [6, 6.07) is 9.10. The topological polar surface area (TPSA) is 90.1 Å². The molecule has 1 aromatic carbocycles. The SMILES string of the molecule is COC(=O)C1=C(O)/C(=C/c2cc(C)n(-c3ccccc3C(=O)OC)c2C)N=C1C. The first-order valence-electron chi connectivity index (χ1n) is 8.96. The van der Waals surface area contributed by atoms with Gasteiger partial charge in [0, 0.05) is 11.4 Å². The molecule has 0 bridgehead atoms. The van der Waals surface area contributed by atoms with Gasteiger partial charge >= 0.3 is 11.9 Å². The lowest BCUT2D eigenvalue weighted by molar-refractivity contribution is -0.135. The third-order valence-electron chi connectivity index (χ3n) is 4.83. The minimum absolute atomic E-state index is 0.0589. The van der Waals surface area contributed by atoms with Crippen LogP contribution in [0.25, 0.3) is 11.8 Å². The summed E-state index contributed by atoms with van der Waals surface area (Å²) in [6.45, 7) is 5.46. The number of para-hydroxylation sites is 1. The van der Waals surface area contributed by atoms with E-state index in [9.17, 15) is 14.7 Å². The van der Waals surface area contributed by atoms with Crippen LogP contribution in [0.4, 0.5) is 0 Å². The van der Waals surface area contributed by atoms with Crippen LogP contribution in [0.1, 0.15) is 34.2 Å². The van der Waals surface area contributed by atoms with Gasteiger partial charge in [0.05, 0.1) is 31.2 Å². The molecule has 7 heteroatoms. The zero-order valence-corrected chi connectivity index (χ0v) is 16.9. The van der Waals surface area contributed by atoms with E-state index in [2.05, 4.69) is 4.99 Å². The van der Waals surface area contributed by atoms with Gasteiger partial charge in [0.25, 0.3) is 0 Å². The number of ether oxygens (including phenoxy) is 2. The Kier molecular flexibility index (Phi) is 5.41. The fourth-order valence-corrected chi connectivity index (χ4v) is 3.44. The van der Waals surface area contributed by atoms with Crippen LogP contribution in [-0.4, -0.2) is 41.5 Å². The van der Waals surface area contributed by atoms with Crippen molar-refractivity contribution in [3.63, 3.8) is 0 Å². The van der Waals surface area contributed by atoms with Crippen molar-refractivity contribution < 1.29 is 24.2 Å². The number of hydrogen-bond donors (Lipinski definition) is 1. The van der Waals surface area contributed by atoms with Crippen molar-refractivity contribution >= 4 is 23.7 Å². The Labute approximate surface area is 168 Å². The van der Waals surface area contributed by atoms with Gasteiger partial charge in [-0.3, -0.25) is 0 Å². The zero-order valence-electron chi connectivity index (χ0n) is 16.9. The summed E-state index contributed by atoms with van der Waals surface area (Å²) in [4.78, 5) is 28.3. The molecule has 1 aliphatic rings. The van der Waals surface area contributed by atoms with Crippen molar-refractivity contribution in [3.8, 4) is 5.69 Å². The Morgan fingerprint density at radius 1 is 1.07 bits per heavy atom. The van der Waals surface area contributed by atoms with Gasteiger partial charge in [-0.25, -0.2) is 14.6 Å². The van der Waals surface area contributed by atoms with Crippen LogP contribution in [0, 0.1) is 13.8 Å². The smallest absolute Gasteiger partial charge is 0.343 e. The van der Waals surface area contributed by atoms with E-state index in [1.54, 1.807) is 25.1 Å². The molecule has 0 fully saturated rings. The normalized spacial score (nSPS) is 14.9. The second-order valence-electron chi connectivity index (χ2n) is 6.61. The number of benzene rings is 1. The molecule has 0 aliphatic carbocycles. The van der Waals surface area contributed by atoms with Crippen molar-refractivity contribution in [1.82, 2.24) is 4.57 Å². The van der Waals surface area contributed by atoms with E-state index >= 15 is 0 Å². The van der Waals surface area contributed by atoms with E-state index in [-0.39, 0.29) is 17.0 Å². The Bertz CT molecular complexity index is 1100. The van der Waals surface area contributed by atoms with Crippen LogP contribution in [0.3, 0.4) is 0 Å². The van der Waals surface area contributed by atoms with Gasteiger partial charge in [-0.2, -0.15) is 0 Å². The average Bonchev–Trinajstić information content (AvgIpc) is 3.15. The number of aryl methyl sites for hydroxylation is 1. The highest BCUT2D eigenvalue weighted by molar-refractivity contribution is 6.22. The third kappa shape index (κ3) is 3.47. The first-order valence-corrected chi connectivity index (χ1v) is 8.96. The second kappa shape index (κ2) is 7.79. The minimum atomic E-state index is -0.635. The standard InChI is InChI=1S/C22H22N2O5/c1-12-10-15(11-17-20(25)19(13(2)23-17)22(27)29-5)14(3)24(12)18-9-7-6-8-16(18)21(26)28-4/h6-11,25H,1-5H3/b17-11-. The number of esters is 2. The predicted molar refractivity (Wildman–Crippen MR) is 109 cm³/mol. The number of nitrogens with zero attached hydrogens (tertiary/aromatic N) is 2. The zero-order chi connectivity index (χ0) is 21.3. The maximum Gasteiger partial charge on any atom is 0.343 e. The largest absolute Gasteiger partial charge is 0.505 e. The quantitative estimate of drug-likeness (QED) is 0.799. The van der Waals surface area contributed by atoms with E-state index in [4.69, 9.17) is 9.47 Å². The lowest BCUT2D eigenvalue weighted by Crippen LogP contribution is -2.11. The molecule has 2 heterocycles. The Hall–Kier alpha value is -3.61. The molecule has 1 N–H and O–H groups in total. The molecule has 2 aromatic rings. The van der Waals surface area contributed by atoms with Crippen LogP contribution < -0.4 is 0 Å². The molecule has 1 aromatic heterocycles. The van der Waals surface area contributed by atoms with Crippen molar-refractivity contribution in [1.29, 1.82) is 0 Å². The van der Waals surface area contributed by atoms with Crippen molar-refractivity contribution in [2.45, 2.75) is 20.8 Å². The lowest BCUT2D eigenvalue weighted by atomic mass is 10.1. The predicted octanol–water partition coefficient (Wildman–Crippen LogP) is 3.68. The average molecular weight is 394 g/mol. The number of aliphatic imine (C=N–C) groups is 1. The Balaban J connectivity index is 2.12. The van der Waals surface area contributed by atoms with Crippen LogP contribution in [-0.2, 0) is 14.3 Å². The van der Waals surface area contributed by atoms with Crippen LogP contribution in [0.2, 0.25) is 0 Å². The van der Waals surface area contributed by atoms with Gasteiger partial charge in [0.1, 0.15) is 11.3 Å². The maximum atomic E-state index is 12.2. The molecule has 29 heavy (non-hydrogen) atoms. The molecular formula is C22H22N2O5. The highest BCUT2D eigenvalue weighted by atomic mass is 16.5. The monoisotopic (exact) mass is 394 g/mol. The molecule has 1 aliphatic heterocycles. The number of aromatic nitrogens is 1. The summed E-state index contributed by atoms with van der Waals surface area (Å²) in [5.74, 6) is -1.27. The second-order valence-corrected chi connectivity index (χ2v) is 6.61. The Morgan fingerprint density at radius 3 is 2.38 bits per heavy atom. The summed E-state index contributed by atoms with van der Waals surface area (Å²) in [6.07, 6.45) is 1.70. The fourth-order valence-electron chi connectivity index (χ4n) is 3.44. The Morgan fingerprint density at radius 2 is 1.72 bits per heavy atom. The van der Waals surface area contributed by atoms with E-state index in [0.717, 1.165) is 17.0 Å². The van der Waals surface area contributed by atoms with Crippen LogP contribution in [0.5, 0.6) is 0 Å². The maximum absolute atomic E-state index is 12.2. The molecule has 0 unspecified atom stereocenters. The first kappa shape index (κ1) is 20.1. The summed E-state index contributed by atoms with van der Waals surface area (Å²) in [5.41, 5.74) is 4.41. The van der Waals surface area contributed by atoms with Crippen molar-refractivity contribution in [3.05, 3.63) is 69.9 Å². The number of aliphatic hydroxyl groups excluding tert-OH is 1. The van der Waals surface area contributed by atoms with Gasteiger partial charge in [-0.1, -0.05) is 12.1 Å². The third-order valence-corrected chi connectivity index (χ3v) is 4.83. The number of aliphatic hydroxyl groups is 1. The molecule has 150 valence electrons. The number of hydrogen-bond acceptors (Lipinski definition) is 6. The van der Waals surface area contributed by atoms with Gasteiger partial charge in [-0.15, -0.1) is 0 Å². The molecule has 0 atom stereocenters. The minimum Gasteiger partial charge on any atom is -0.505 e. The van der Waals surface area contributed by atoms with Gasteiger partial charge < -0.3 is 19.1 Å².